The van der Waals surface area contributed by atoms with E-state index in [1.807, 2.05) is 32.2 Å². The summed E-state index contributed by atoms with van der Waals surface area (Å²) in [5.74, 6) is 0.833. The fraction of sp³-hybridized carbons (Fsp3) is 0.429. The molecular formula is C21H29N5. The van der Waals surface area contributed by atoms with Crippen molar-refractivity contribution >= 4 is 5.96 Å². The zero-order valence-electron chi connectivity index (χ0n) is 15.8. The highest BCUT2D eigenvalue weighted by atomic mass is 15.2. The van der Waals surface area contributed by atoms with Crippen LogP contribution in [0, 0.1) is 6.92 Å². The van der Waals surface area contributed by atoms with Gasteiger partial charge in [0.15, 0.2) is 5.96 Å². The van der Waals surface area contributed by atoms with Gasteiger partial charge in [0.05, 0.1) is 12.2 Å². The first-order chi connectivity index (χ1) is 12.7. The quantitative estimate of drug-likeness (QED) is 0.621. The number of pyridine rings is 1. The second-order valence-electron chi connectivity index (χ2n) is 6.83. The molecule has 1 saturated heterocycles. The van der Waals surface area contributed by atoms with Crippen LogP contribution in [0.2, 0.25) is 0 Å². The molecule has 2 heterocycles. The van der Waals surface area contributed by atoms with Crippen LogP contribution in [0.15, 0.2) is 53.5 Å². The molecule has 5 heteroatoms. The van der Waals surface area contributed by atoms with Crippen LogP contribution >= 0.6 is 0 Å². The van der Waals surface area contributed by atoms with Gasteiger partial charge in [-0.05, 0) is 44.0 Å². The van der Waals surface area contributed by atoms with Crippen LogP contribution < -0.4 is 10.6 Å². The van der Waals surface area contributed by atoms with E-state index in [2.05, 4.69) is 55.8 Å². The largest absolute Gasteiger partial charge is 0.355 e. The topological polar surface area (TPSA) is 52.6 Å². The molecule has 0 bridgehead atoms. The second kappa shape index (κ2) is 9.34. The van der Waals surface area contributed by atoms with Crippen LogP contribution in [0.1, 0.15) is 29.8 Å². The van der Waals surface area contributed by atoms with E-state index >= 15 is 0 Å². The van der Waals surface area contributed by atoms with Crippen LogP contribution in [0.5, 0.6) is 0 Å². The van der Waals surface area contributed by atoms with Gasteiger partial charge in [-0.2, -0.15) is 0 Å². The van der Waals surface area contributed by atoms with Crippen molar-refractivity contribution in [3.63, 3.8) is 0 Å². The first-order valence-electron chi connectivity index (χ1n) is 9.39. The van der Waals surface area contributed by atoms with Crippen LogP contribution in [0.4, 0.5) is 0 Å². The first kappa shape index (κ1) is 18.4. The predicted octanol–water partition coefficient (Wildman–Crippen LogP) is 2.72. The third-order valence-corrected chi connectivity index (χ3v) is 4.84. The molecule has 1 fully saturated rings. The highest BCUT2D eigenvalue weighted by Crippen LogP contribution is 2.19. The molecule has 2 N–H and O–H groups in total. The number of aryl methyl sites for hydroxylation is 1. The lowest BCUT2D eigenvalue weighted by molar-refractivity contribution is 0.245. The Labute approximate surface area is 156 Å². The van der Waals surface area contributed by atoms with E-state index in [4.69, 9.17) is 0 Å². The molecule has 1 atom stereocenters. The monoisotopic (exact) mass is 351 g/mol. The summed E-state index contributed by atoms with van der Waals surface area (Å²) < 4.78 is 0. The minimum atomic E-state index is 0.547. The Kier molecular flexibility index (Phi) is 6.61. The molecule has 0 amide bonds. The van der Waals surface area contributed by atoms with Crippen molar-refractivity contribution in [1.82, 2.24) is 20.5 Å². The summed E-state index contributed by atoms with van der Waals surface area (Å²) in [5, 5.41) is 6.84. The Hall–Kier alpha value is -2.40. The maximum atomic E-state index is 4.52. The minimum Gasteiger partial charge on any atom is -0.355 e. The zero-order chi connectivity index (χ0) is 18.2. The minimum absolute atomic E-state index is 0.547. The van der Waals surface area contributed by atoms with E-state index in [9.17, 15) is 0 Å². The average molecular weight is 351 g/mol. The number of aromatic nitrogens is 1. The van der Waals surface area contributed by atoms with Crippen molar-refractivity contribution < 1.29 is 0 Å². The van der Waals surface area contributed by atoms with E-state index in [0.29, 0.717) is 12.6 Å². The summed E-state index contributed by atoms with van der Waals surface area (Å²) in [6.07, 6.45) is 2.49. The van der Waals surface area contributed by atoms with Crippen LogP contribution in [-0.2, 0) is 13.1 Å². The van der Waals surface area contributed by atoms with Gasteiger partial charge in [0, 0.05) is 31.9 Å². The van der Waals surface area contributed by atoms with Gasteiger partial charge in [0.2, 0.25) is 0 Å². The standard InChI is InChI=1S/C21H29N5/c1-17-8-6-11-19(25-17)14-23-21(22-2)24-15-20-12-7-13-26(20)16-18-9-4-3-5-10-18/h3-6,8-11,20H,7,12-16H2,1-2H3,(H2,22,23,24). The Balaban J connectivity index is 1.48. The molecule has 2 aromatic rings. The molecule has 5 nitrogen and oxygen atoms in total. The lowest BCUT2D eigenvalue weighted by Crippen LogP contribution is -2.44. The second-order valence-corrected chi connectivity index (χ2v) is 6.83. The summed E-state index contributed by atoms with van der Waals surface area (Å²) in [5.41, 5.74) is 3.45. The summed E-state index contributed by atoms with van der Waals surface area (Å²) in [7, 11) is 1.81. The zero-order valence-corrected chi connectivity index (χ0v) is 15.8. The number of rotatable bonds is 6. The van der Waals surface area contributed by atoms with Crippen LogP contribution in [-0.4, -0.2) is 42.0 Å². The first-order valence-corrected chi connectivity index (χ1v) is 9.39. The van der Waals surface area contributed by atoms with Gasteiger partial charge in [-0.15, -0.1) is 0 Å². The number of hydrogen-bond donors (Lipinski definition) is 2. The summed E-state index contributed by atoms with van der Waals surface area (Å²) in [6, 6.07) is 17.3. The molecule has 1 unspecified atom stereocenters. The molecule has 26 heavy (non-hydrogen) atoms. The van der Waals surface area contributed by atoms with Gasteiger partial charge in [-0.1, -0.05) is 36.4 Å². The number of likely N-dealkylation sites (tertiary alicyclic amines) is 1. The van der Waals surface area contributed by atoms with Gasteiger partial charge in [-0.3, -0.25) is 14.9 Å². The number of nitrogens with one attached hydrogen (secondary N) is 2. The van der Waals surface area contributed by atoms with E-state index in [-0.39, 0.29) is 0 Å². The molecule has 1 aromatic heterocycles. The highest BCUT2D eigenvalue weighted by Gasteiger charge is 2.24. The smallest absolute Gasteiger partial charge is 0.191 e. The van der Waals surface area contributed by atoms with Crippen molar-refractivity contribution in [2.75, 3.05) is 20.1 Å². The fourth-order valence-corrected chi connectivity index (χ4v) is 3.46. The Morgan fingerprint density at radius 1 is 1.15 bits per heavy atom. The van der Waals surface area contributed by atoms with E-state index in [0.717, 1.165) is 30.4 Å². The Morgan fingerprint density at radius 3 is 2.77 bits per heavy atom. The molecule has 138 valence electrons. The van der Waals surface area contributed by atoms with Gasteiger partial charge < -0.3 is 10.6 Å². The van der Waals surface area contributed by atoms with E-state index in [1.54, 1.807) is 0 Å². The molecule has 0 spiro atoms. The number of hydrogen-bond acceptors (Lipinski definition) is 3. The van der Waals surface area contributed by atoms with Crippen LogP contribution in [0.25, 0.3) is 0 Å². The number of guanidine groups is 1. The van der Waals surface area contributed by atoms with Crippen molar-refractivity contribution in [1.29, 1.82) is 0 Å². The van der Waals surface area contributed by atoms with E-state index < -0.39 is 0 Å². The average Bonchev–Trinajstić information content (AvgIpc) is 3.10. The molecule has 1 aromatic carbocycles. The molecule has 0 aliphatic carbocycles. The summed E-state index contributed by atoms with van der Waals surface area (Å²) in [6.45, 7) is 5.79. The SMILES string of the molecule is CN=C(NCc1cccc(C)n1)NCC1CCCN1Cc1ccccc1. The van der Waals surface area contributed by atoms with Crippen molar-refractivity contribution in [3.05, 3.63) is 65.5 Å². The maximum absolute atomic E-state index is 4.52. The van der Waals surface area contributed by atoms with Crippen molar-refractivity contribution in [3.8, 4) is 0 Å². The van der Waals surface area contributed by atoms with Gasteiger partial charge in [0.25, 0.3) is 0 Å². The predicted molar refractivity (Wildman–Crippen MR) is 107 cm³/mol. The Morgan fingerprint density at radius 2 is 2.00 bits per heavy atom. The van der Waals surface area contributed by atoms with Gasteiger partial charge in [0.1, 0.15) is 0 Å². The fourth-order valence-electron chi connectivity index (χ4n) is 3.46. The Bertz CT molecular complexity index is 713. The molecule has 3 rings (SSSR count). The van der Waals surface area contributed by atoms with Crippen LogP contribution in [0.3, 0.4) is 0 Å². The van der Waals surface area contributed by atoms with Gasteiger partial charge >= 0.3 is 0 Å². The lowest BCUT2D eigenvalue weighted by Gasteiger charge is -2.25. The molecule has 1 aliphatic rings. The number of nitrogens with zero attached hydrogens (tertiary/aromatic N) is 3. The number of benzene rings is 1. The van der Waals surface area contributed by atoms with Crippen molar-refractivity contribution in [2.45, 2.75) is 38.9 Å². The summed E-state index contributed by atoms with van der Waals surface area (Å²) >= 11 is 0. The number of aliphatic imine (C=N–C) groups is 1. The van der Waals surface area contributed by atoms with E-state index in [1.165, 1.54) is 24.9 Å². The molecule has 0 radical (unpaired) electrons. The van der Waals surface area contributed by atoms with Gasteiger partial charge in [-0.25, -0.2) is 0 Å². The molecule has 0 saturated carbocycles. The summed E-state index contributed by atoms with van der Waals surface area (Å²) in [4.78, 5) is 11.4. The lowest BCUT2D eigenvalue weighted by atomic mass is 10.2. The third kappa shape index (κ3) is 5.30. The normalized spacial score (nSPS) is 18.1. The third-order valence-electron chi connectivity index (χ3n) is 4.84. The molecule has 1 aliphatic heterocycles. The van der Waals surface area contributed by atoms with Crippen molar-refractivity contribution in [2.24, 2.45) is 4.99 Å². The highest BCUT2D eigenvalue weighted by molar-refractivity contribution is 5.79. The maximum Gasteiger partial charge on any atom is 0.191 e. The molecular weight excluding hydrogens is 322 g/mol.